The molecule has 1 aliphatic rings. The molecule has 1 N–H and O–H groups in total. The predicted molar refractivity (Wildman–Crippen MR) is 64.6 cm³/mol. The van der Waals surface area contributed by atoms with Crippen molar-refractivity contribution in [3.8, 4) is 0 Å². The van der Waals surface area contributed by atoms with E-state index in [4.69, 9.17) is 5.11 Å². The van der Waals surface area contributed by atoms with Crippen molar-refractivity contribution in [2.75, 3.05) is 12.3 Å². The number of carbonyl (C=O) groups excluding carboxylic acids is 1. The minimum absolute atomic E-state index is 0.0794. The molecule has 1 aliphatic carbocycles. The maximum atomic E-state index is 12.0. The van der Waals surface area contributed by atoms with Crippen molar-refractivity contribution in [1.29, 1.82) is 0 Å². The van der Waals surface area contributed by atoms with Gasteiger partial charge in [0.1, 0.15) is 6.54 Å². The Bertz CT molecular complexity index is 264. The number of hydrogen-bond donors (Lipinski definition) is 2. The number of carboxylic acid groups (broad SMARTS) is 1. The van der Waals surface area contributed by atoms with E-state index in [2.05, 4.69) is 12.6 Å². The van der Waals surface area contributed by atoms with E-state index in [1.807, 2.05) is 0 Å². The normalized spacial score (nSPS) is 18.4. The average Bonchev–Trinajstić information content (AvgIpc) is 2.76. The molecule has 4 nitrogen and oxygen atoms in total. The van der Waals surface area contributed by atoms with Crippen LogP contribution in [-0.2, 0) is 9.59 Å². The lowest BCUT2D eigenvalue weighted by atomic mass is 10.1. The summed E-state index contributed by atoms with van der Waals surface area (Å²) in [6, 6.07) is 0.117. The number of amides is 1. The van der Waals surface area contributed by atoms with E-state index in [9.17, 15) is 9.59 Å². The van der Waals surface area contributed by atoms with Crippen LogP contribution in [0.1, 0.15) is 32.6 Å². The van der Waals surface area contributed by atoms with Crippen LogP contribution >= 0.6 is 12.6 Å². The standard InChI is InChI=1S/C11H19NO3S/c1-8(7-16)11(15)12(6-10(13)14)9-4-2-3-5-9/h8-9,16H,2-7H2,1H3,(H,13,14)/t8-/m1/s1. The maximum Gasteiger partial charge on any atom is 0.323 e. The fourth-order valence-corrected chi connectivity index (χ4v) is 2.27. The Morgan fingerprint density at radius 3 is 2.44 bits per heavy atom. The topological polar surface area (TPSA) is 57.6 Å². The first-order valence-corrected chi connectivity index (χ1v) is 6.32. The van der Waals surface area contributed by atoms with Crippen LogP contribution in [-0.4, -0.2) is 40.2 Å². The summed E-state index contributed by atoms with van der Waals surface area (Å²) in [6.45, 7) is 1.61. The summed E-state index contributed by atoms with van der Waals surface area (Å²) in [5.41, 5.74) is 0. The quantitative estimate of drug-likeness (QED) is 0.720. The first kappa shape index (κ1) is 13.4. The van der Waals surface area contributed by atoms with E-state index in [0.717, 1.165) is 25.7 Å². The van der Waals surface area contributed by atoms with Gasteiger partial charge in [-0.1, -0.05) is 19.8 Å². The zero-order valence-corrected chi connectivity index (χ0v) is 10.4. The van der Waals surface area contributed by atoms with Crippen molar-refractivity contribution in [2.45, 2.75) is 38.6 Å². The number of hydrogen-bond acceptors (Lipinski definition) is 3. The monoisotopic (exact) mass is 245 g/mol. The molecule has 0 aliphatic heterocycles. The summed E-state index contributed by atoms with van der Waals surface area (Å²) in [7, 11) is 0. The molecular formula is C11H19NO3S. The summed E-state index contributed by atoms with van der Waals surface area (Å²) in [5.74, 6) is -0.763. The molecule has 5 heteroatoms. The van der Waals surface area contributed by atoms with Gasteiger partial charge in [0.05, 0.1) is 0 Å². The Labute approximate surface area is 101 Å². The Morgan fingerprint density at radius 1 is 1.44 bits per heavy atom. The third-order valence-electron chi connectivity index (χ3n) is 3.05. The van der Waals surface area contributed by atoms with Crippen molar-refractivity contribution in [2.24, 2.45) is 5.92 Å². The van der Waals surface area contributed by atoms with Crippen LogP contribution in [0.25, 0.3) is 0 Å². The molecule has 1 rings (SSSR count). The van der Waals surface area contributed by atoms with Gasteiger partial charge in [-0.2, -0.15) is 12.6 Å². The average molecular weight is 245 g/mol. The highest BCUT2D eigenvalue weighted by Gasteiger charge is 2.30. The fraction of sp³-hybridized carbons (Fsp3) is 0.818. The molecule has 0 aromatic rings. The van der Waals surface area contributed by atoms with Gasteiger partial charge in [-0.3, -0.25) is 9.59 Å². The number of carboxylic acids is 1. The van der Waals surface area contributed by atoms with Crippen molar-refractivity contribution in [3.05, 3.63) is 0 Å². The van der Waals surface area contributed by atoms with Crippen LogP contribution in [0.15, 0.2) is 0 Å². The van der Waals surface area contributed by atoms with Gasteiger partial charge in [0.2, 0.25) is 5.91 Å². The van der Waals surface area contributed by atoms with Crippen molar-refractivity contribution in [3.63, 3.8) is 0 Å². The molecule has 0 aromatic carbocycles. The van der Waals surface area contributed by atoms with Gasteiger partial charge in [0.15, 0.2) is 0 Å². The lowest BCUT2D eigenvalue weighted by molar-refractivity contribution is -0.147. The highest BCUT2D eigenvalue weighted by Crippen LogP contribution is 2.24. The predicted octanol–water partition coefficient (Wildman–Crippen LogP) is 1.41. The van der Waals surface area contributed by atoms with E-state index < -0.39 is 5.97 Å². The molecule has 0 radical (unpaired) electrons. The summed E-state index contributed by atoms with van der Waals surface area (Å²) in [6.07, 6.45) is 4.03. The molecule has 1 amide bonds. The van der Waals surface area contributed by atoms with Gasteiger partial charge in [-0.05, 0) is 12.8 Å². The van der Waals surface area contributed by atoms with Crippen LogP contribution in [0, 0.1) is 5.92 Å². The third-order valence-corrected chi connectivity index (χ3v) is 3.60. The van der Waals surface area contributed by atoms with E-state index in [0.29, 0.717) is 5.75 Å². The largest absolute Gasteiger partial charge is 0.480 e. The van der Waals surface area contributed by atoms with Crippen molar-refractivity contribution >= 4 is 24.5 Å². The number of carbonyl (C=O) groups is 2. The molecule has 0 heterocycles. The Hall–Kier alpha value is -0.710. The van der Waals surface area contributed by atoms with Gasteiger partial charge in [0, 0.05) is 17.7 Å². The third kappa shape index (κ3) is 3.40. The van der Waals surface area contributed by atoms with Gasteiger partial charge in [0.25, 0.3) is 0 Å². The molecule has 1 fully saturated rings. The van der Waals surface area contributed by atoms with Gasteiger partial charge >= 0.3 is 5.97 Å². The maximum absolute atomic E-state index is 12.0. The second-order valence-corrected chi connectivity index (χ2v) is 4.75. The number of nitrogens with zero attached hydrogens (tertiary/aromatic N) is 1. The minimum atomic E-state index is -0.938. The number of rotatable bonds is 5. The zero-order chi connectivity index (χ0) is 12.1. The van der Waals surface area contributed by atoms with Crippen LogP contribution in [0.3, 0.4) is 0 Å². The Kier molecular flexibility index (Phi) is 5.12. The van der Waals surface area contributed by atoms with Crippen LogP contribution in [0.4, 0.5) is 0 Å². The lowest BCUT2D eigenvalue weighted by Gasteiger charge is -2.29. The second-order valence-electron chi connectivity index (χ2n) is 4.38. The minimum Gasteiger partial charge on any atom is -0.480 e. The van der Waals surface area contributed by atoms with E-state index in [-0.39, 0.29) is 24.4 Å². The van der Waals surface area contributed by atoms with Crippen LogP contribution in [0.2, 0.25) is 0 Å². The van der Waals surface area contributed by atoms with Crippen LogP contribution in [0.5, 0.6) is 0 Å². The number of aliphatic carboxylic acids is 1. The Morgan fingerprint density at radius 2 is 2.00 bits per heavy atom. The fourth-order valence-electron chi connectivity index (χ4n) is 2.11. The Balaban J connectivity index is 2.69. The highest BCUT2D eigenvalue weighted by molar-refractivity contribution is 7.80. The smallest absolute Gasteiger partial charge is 0.323 e. The first-order valence-electron chi connectivity index (χ1n) is 5.69. The molecule has 1 atom stereocenters. The second kappa shape index (κ2) is 6.13. The SMILES string of the molecule is C[C@H](CS)C(=O)N(CC(=O)O)C1CCCC1. The molecule has 92 valence electrons. The molecular weight excluding hydrogens is 226 g/mol. The zero-order valence-electron chi connectivity index (χ0n) is 9.56. The van der Waals surface area contributed by atoms with E-state index in [1.165, 1.54) is 4.90 Å². The van der Waals surface area contributed by atoms with Gasteiger partial charge < -0.3 is 10.0 Å². The van der Waals surface area contributed by atoms with Crippen molar-refractivity contribution in [1.82, 2.24) is 4.90 Å². The lowest BCUT2D eigenvalue weighted by Crippen LogP contribution is -2.45. The molecule has 0 unspecified atom stereocenters. The van der Waals surface area contributed by atoms with E-state index in [1.54, 1.807) is 6.92 Å². The summed E-state index contributed by atoms with van der Waals surface area (Å²) >= 11 is 4.09. The van der Waals surface area contributed by atoms with E-state index >= 15 is 0 Å². The molecule has 0 saturated heterocycles. The summed E-state index contributed by atoms with van der Waals surface area (Å²) in [4.78, 5) is 24.3. The molecule has 1 saturated carbocycles. The van der Waals surface area contributed by atoms with Gasteiger partial charge in [-0.25, -0.2) is 0 Å². The van der Waals surface area contributed by atoms with Gasteiger partial charge in [-0.15, -0.1) is 0 Å². The van der Waals surface area contributed by atoms with Crippen molar-refractivity contribution < 1.29 is 14.7 Å². The summed E-state index contributed by atoms with van der Waals surface area (Å²) < 4.78 is 0. The van der Waals surface area contributed by atoms with Crippen LogP contribution < -0.4 is 0 Å². The molecule has 0 spiro atoms. The molecule has 0 bridgehead atoms. The summed E-state index contributed by atoms with van der Waals surface area (Å²) in [5, 5.41) is 8.83. The highest BCUT2D eigenvalue weighted by atomic mass is 32.1. The molecule has 0 aromatic heterocycles. The molecule has 16 heavy (non-hydrogen) atoms. The first-order chi connectivity index (χ1) is 7.56. The number of thiol groups is 1.